The smallest absolute Gasteiger partial charge is 0.242 e. The van der Waals surface area contributed by atoms with Gasteiger partial charge < -0.3 is 19.7 Å². The van der Waals surface area contributed by atoms with Gasteiger partial charge in [0.1, 0.15) is 17.5 Å². The van der Waals surface area contributed by atoms with E-state index in [-0.39, 0.29) is 37.7 Å². The van der Waals surface area contributed by atoms with Gasteiger partial charge in [-0.1, -0.05) is 19.1 Å². The molecule has 2 rings (SSSR count). The zero-order valence-corrected chi connectivity index (χ0v) is 22.5. The number of rotatable bonds is 14. The van der Waals surface area contributed by atoms with Crippen LogP contribution >= 0.6 is 0 Å². The highest BCUT2D eigenvalue weighted by Gasteiger charge is 2.28. The Labute approximate surface area is 214 Å². The molecular formula is C26H37N3O6S. The van der Waals surface area contributed by atoms with Crippen molar-refractivity contribution < 1.29 is 27.5 Å². The van der Waals surface area contributed by atoms with Gasteiger partial charge in [0.15, 0.2) is 0 Å². The predicted octanol–water partition coefficient (Wildman–Crippen LogP) is 3.19. The van der Waals surface area contributed by atoms with E-state index >= 15 is 0 Å². The summed E-state index contributed by atoms with van der Waals surface area (Å²) in [5, 5.41) is 2.63. The highest BCUT2D eigenvalue weighted by Crippen LogP contribution is 2.23. The van der Waals surface area contributed by atoms with E-state index in [0.717, 1.165) is 11.8 Å². The molecular weight excluding hydrogens is 482 g/mol. The number of ether oxygens (including phenoxy) is 2. The molecule has 0 saturated carbocycles. The minimum Gasteiger partial charge on any atom is -0.497 e. The van der Waals surface area contributed by atoms with Crippen LogP contribution < -0.4 is 19.1 Å². The Morgan fingerprint density at radius 2 is 1.75 bits per heavy atom. The maximum Gasteiger partial charge on any atom is 0.242 e. The molecule has 2 aromatic carbocycles. The van der Waals surface area contributed by atoms with Gasteiger partial charge in [0.05, 0.1) is 25.7 Å². The van der Waals surface area contributed by atoms with Crippen molar-refractivity contribution in [1.29, 1.82) is 0 Å². The summed E-state index contributed by atoms with van der Waals surface area (Å²) in [4.78, 5) is 27.4. The molecule has 0 aliphatic rings. The summed E-state index contributed by atoms with van der Waals surface area (Å²) in [6, 6.07) is 13.5. The molecule has 10 heteroatoms. The van der Waals surface area contributed by atoms with Gasteiger partial charge in [-0.15, -0.1) is 0 Å². The van der Waals surface area contributed by atoms with E-state index in [1.54, 1.807) is 43.3 Å². The van der Waals surface area contributed by atoms with Crippen molar-refractivity contribution in [3.05, 3.63) is 54.1 Å². The monoisotopic (exact) mass is 519 g/mol. The number of carbonyl (C=O) groups is 2. The number of sulfonamides is 1. The fourth-order valence-corrected chi connectivity index (χ4v) is 4.90. The van der Waals surface area contributed by atoms with Crippen molar-refractivity contribution >= 4 is 27.5 Å². The zero-order chi connectivity index (χ0) is 26.7. The SMILES string of the molecule is CCOc1ccc(N(CCCC(=O)N(Cc2cccc(OC)c2)[C@@H](CC)C(=O)NC)S(C)(=O)=O)cc1. The largest absolute Gasteiger partial charge is 0.497 e. The molecule has 1 atom stereocenters. The van der Waals surface area contributed by atoms with Crippen molar-refractivity contribution in [3.8, 4) is 11.5 Å². The molecule has 2 amide bonds. The molecule has 1 N–H and O–H groups in total. The Morgan fingerprint density at radius 1 is 1.06 bits per heavy atom. The highest BCUT2D eigenvalue weighted by atomic mass is 32.2. The van der Waals surface area contributed by atoms with Gasteiger partial charge in [0.2, 0.25) is 21.8 Å². The lowest BCUT2D eigenvalue weighted by Gasteiger charge is -2.31. The number of hydrogen-bond acceptors (Lipinski definition) is 6. The second-order valence-corrected chi connectivity index (χ2v) is 10.2. The quantitative estimate of drug-likeness (QED) is 0.411. The maximum atomic E-state index is 13.3. The summed E-state index contributed by atoms with van der Waals surface area (Å²) >= 11 is 0. The van der Waals surface area contributed by atoms with Crippen LogP contribution in [-0.4, -0.2) is 64.7 Å². The molecule has 0 aromatic heterocycles. The van der Waals surface area contributed by atoms with Crippen molar-refractivity contribution in [3.63, 3.8) is 0 Å². The molecule has 36 heavy (non-hydrogen) atoms. The van der Waals surface area contributed by atoms with Crippen LogP contribution in [0.25, 0.3) is 0 Å². The van der Waals surface area contributed by atoms with Gasteiger partial charge in [0, 0.05) is 26.6 Å². The van der Waals surface area contributed by atoms with Gasteiger partial charge in [-0.25, -0.2) is 8.42 Å². The topological polar surface area (TPSA) is 105 Å². The Hall–Kier alpha value is -3.27. The number of methoxy groups -OCH3 is 1. The third-order valence-corrected chi connectivity index (χ3v) is 6.90. The van der Waals surface area contributed by atoms with E-state index in [9.17, 15) is 18.0 Å². The van der Waals surface area contributed by atoms with Crippen LogP contribution in [0.4, 0.5) is 5.69 Å². The standard InChI is InChI=1S/C26H37N3O6S/c1-6-24(26(31)27-3)28(19-20-10-8-11-23(18-20)34-4)25(30)12-9-17-29(36(5,32)33)21-13-15-22(16-14-21)35-7-2/h8,10-11,13-16,18,24H,6-7,9,12,17,19H2,1-5H3,(H,27,31)/t24-/m0/s1. The lowest BCUT2D eigenvalue weighted by molar-refractivity contribution is -0.141. The fourth-order valence-electron chi connectivity index (χ4n) is 3.93. The predicted molar refractivity (Wildman–Crippen MR) is 141 cm³/mol. The Morgan fingerprint density at radius 3 is 2.31 bits per heavy atom. The molecule has 2 aromatic rings. The number of anilines is 1. The maximum absolute atomic E-state index is 13.3. The lowest BCUT2D eigenvalue weighted by Crippen LogP contribution is -2.48. The molecule has 0 saturated heterocycles. The van der Waals surface area contributed by atoms with Gasteiger partial charge in [-0.2, -0.15) is 0 Å². The van der Waals surface area contributed by atoms with E-state index in [1.165, 1.54) is 4.31 Å². The third kappa shape index (κ3) is 8.15. The number of nitrogens with one attached hydrogen (secondary N) is 1. The van der Waals surface area contributed by atoms with E-state index in [4.69, 9.17) is 9.47 Å². The first kappa shape index (κ1) is 29.0. The van der Waals surface area contributed by atoms with E-state index in [2.05, 4.69) is 5.32 Å². The number of nitrogens with zero attached hydrogens (tertiary/aromatic N) is 2. The van der Waals surface area contributed by atoms with Crippen LogP contribution in [-0.2, 0) is 26.2 Å². The molecule has 0 radical (unpaired) electrons. The number of hydrogen-bond donors (Lipinski definition) is 1. The normalized spacial score (nSPS) is 11.9. The minimum absolute atomic E-state index is 0.0838. The fraction of sp³-hybridized carbons (Fsp3) is 0.462. The van der Waals surface area contributed by atoms with Crippen molar-refractivity contribution in [2.45, 2.75) is 45.7 Å². The van der Waals surface area contributed by atoms with Crippen molar-refractivity contribution in [1.82, 2.24) is 10.2 Å². The molecule has 0 heterocycles. The average Bonchev–Trinajstić information content (AvgIpc) is 2.86. The minimum atomic E-state index is -3.57. The third-order valence-electron chi connectivity index (χ3n) is 5.71. The Kier molecular flexibility index (Phi) is 11.0. The van der Waals surface area contributed by atoms with Crippen LogP contribution in [0.1, 0.15) is 38.7 Å². The van der Waals surface area contributed by atoms with Gasteiger partial charge in [-0.3, -0.25) is 13.9 Å². The summed E-state index contributed by atoms with van der Waals surface area (Å²) in [5.41, 5.74) is 1.33. The molecule has 0 bridgehead atoms. The van der Waals surface area contributed by atoms with Crippen LogP contribution in [0, 0.1) is 0 Å². The van der Waals surface area contributed by atoms with Crippen LogP contribution in [0.3, 0.4) is 0 Å². The first-order valence-electron chi connectivity index (χ1n) is 12.0. The van der Waals surface area contributed by atoms with E-state index in [1.807, 2.05) is 38.1 Å². The molecule has 0 aliphatic carbocycles. The molecule has 0 spiro atoms. The molecule has 198 valence electrons. The average molecular weight is 520 g/mol. The summed E-state index contributed by atoms with van der Waals surface area (Å²) in [6.07, 6.45) is 1.95. The summed E-state index contributed by atoms with van der Waals surface area (Å²) < 4.78 is 36.9. The summed E-state index contributed by atoms with van der Waals surface area (Å²) in [6.45, 7) is 4.60. The number of amides is 2. The van der Waals surface area contributed by atoms with Crippen LogP contribution in [0.5, 0.6) is 11.5 Å². The van der Waals surface area contributed by atoms with E-state index < -0.39 is 16.1 Å². The number of carbonyl (C=O) groups excluding carboxylic acids is 2. The van der Waals surface area contributed by atoms with Crippen molar-refractivity contribution in [2.24, 2.45) is 0 Å². The van der Waals surface area contributed by atoms with Gasteiger partial charge in [-0.05, 0) is 61.7 Å². The zero-order valence-electron chi connectivity index (χ0n) is 21.7. The van der Waals surface area contributed by atoms with Gasteiger partial charge >= 0.3 is 0 Å². The first-order chi connectivity index (χ1) is 17.1. The Balaban J connectivity index is 2.18. The summed E-state index contributed by atoms with van der Waals surface area (Å²) in [7, 11) is -0.456. The van der Waals surface area contributed by atoms with Crippen LogP contribution in [0.2, 0.25) is 0 Å². The lowest BCUT2D eigenvalue weighted by atomic mass is 10.1. The van der Waals surface area contributed by atoms with Gasteiger partial charge in [0.25, 0.3) is 0 Å². The molecule has 0 aliphatic heterocycles. The van der Waals surface area contributed by atoms with E-state index in [0.29, 0.717) is 30.2 Å². The summed E-state index contributed by atoms with van der Waals surface area (Å²) in [5.74, 6) is 0.833. The van der Waals surface area contributed by atoms with Crippen molar-refractivity contribution in [2.75, 3.05) is 37.9 Å². The number of likely N-dealkylation sites (N-methyl/N-ethyl adjacent to an activating group) is 1. The Bertz CT molecular complexity index is 1100. The molecule has 0 unspecified atom stereocenters. The first-order valence-corrected chi connectivity index (χ1v) is 13.8. The second-order valence-electron chi connectivity index (χ2n) is 8.28. The molecule has 9 nitrogen and oxygen atoms in total. The molecule has 0 fully saturated rings. The second kappa shape index (κ2) is 13.7. The highest BCUT2D eigenvalue weighted by molar-refractivity contribution is 7.92. The number of benzene rings is 2. The van der Waals surface area contributed by atoms with Crippen LogP contribution in [0.15, 0.2) is 48.5 Å².